The standard InChI is InChI=1S/C26H37N3/c1-21(2)29(22(3)4)19-17-26(20-27,16-18-28(5)6)25-14-12-24(13-15-25)23-10-8-7-9-11-23/h7-15,21-22H,16-19H2,1-6H3. The summed E-state index contributed by atoms with van der Waals surface area (Å²) in [6.45, 7) is 10.8. The van der Waals surface area contributed by atoms with Gasteiger partial charge in [-0.2, -0.15) is 5.26 Å². The molecule has 2 aromatic rings. The van der Waals surface area contributed by atoms with Crippen LogP contribution < -0.4 is 0 Å². The van der Waals surface area contributed by atoms with Gasteiger partial charge in [0.2, 0.25) is 0 Å². The Labute approximate surface area is 178 Å². The first-order valence-corrected chi connectivity index (χ1v) is 10.8. The second-order valence-electron chi connectivity index (χ2n) is 8.87. The van der Waals surface area contributed by atoms with Crippen molar-refractivity contribution in [2.24, 2.45) is 0 Å². The van der Waals surface area contributed by atoms with Crippen LogP contribution in [0.25, 0.3) is 11.1 Å². The van der Waals surface area contributed by atoms with Gasteiger partial charge in [0.05, 0.1) is 11.5 Å². The highest BCUT2D eigenvalue weighted by Gasteiger charge is 2.33. The van der Waals surface area contributed by atoms with E-state index in [-0.39, 0.29) is 0 Å². The normalized spacial score (nSPS) is 13.8. The molecular weight excluding hydrogens is 354 g/mol. The van der Waals surface area contributed by atoms with E-state index in [1.54, 1.807) is 0 Å². The third-order valence-electron chi connectivity index (χ3n) is 5.87. The van der Waals surface area contributed by atoms with Gasteiger partial charge < -0.3 is 4.90 Å². The predicted octanol–water partition coefficient (Wildman–Crippen LogP) is 5.58. The first-order chi connectivity index (χ1) is 13.8. The molecule has 0 bridgehead atoms. The lowest BCUT2D eigenvalue weighted by molar-refractivity contribution is 0.159. The van der Waals surface area contributed by atoms with Crippen molar-refractivity contribution in [3.05, 3.63) is 60.2 Å². The lowest BCUT2D eigenvalue weighted by atomic mass is 9.75. The lowest BCUT2D eigenvalue weighted by Crippen LogP contribution is -2.41. The zero-order valence-corrected chi connectivity index (χ0v) is 19.0. The van der Waals surface area contributed by atoms with Gasteiger partial charge in [-0.15, -0.1) is 0 Å². The molecular formula is C26H37N3. The van der Waals surface area contributed by atoms with Gasteiger partial charge in [0.15, 0.2) is 0 Å². The zero-order chi connectivity index (χ0) is 21.4. The number of hydrogen-bond donors (Lipinski definition) is 0. The fourth-order valence-corrected chi connectivity index (χ4v) is 4.05. The van der Waals surface area contributed by atoms with Crippen LogP contribution in [-0.2, 0) is 5.41 Å². The van der Waals surface area contributed by atoms with Crippen LogP contribution >= 0.6 is 0 Å². The molecule has 0 saturated heterocycles. The molecule has 0 aliphatic rings. The van der Waals surface area contributed by atoms with E-state index in [0.717, 1.165) is 31.5 Å². The molecule has 2 rings (SSSR count). The summed E-state index contributed by atoms with van der Waals surface area (Å²) in [6.07, 6.45) is 1.68. The molecule has 0 saturated carbocycles. The molecule has 0 aromatic heterocycles. The Kier molecular flexibility index (Phi) is 8.44. The van der Waals surface area contributed by atoms with E-state index in [1.165, 1.54) is 11.1 Å². The second kappa shape index (κ2) is 10.6. The molecule has 0 radical (unpaired) electrons. The van der Waals surface area contributed by atoms with Crippen LogP contribution in [0.3, 0.4) is 0 Å². The predicted molar refractivity (Wildman–Crippen MR) is 124 cm³/mol. The van der Waals surface area contributed by atoms with Crippen molar-refractivity contribution in [3.8, 4) is 17.2 Å². The molecule has 1 atom stereocenters. The van der Waals surface area contributed by atoms with E-state index in [4.69, 9.17) is 0 Å². The molecule has 0 heterocycles. The third kappa shape index (κ3) is 6.16. The van der Waals surface area contributed by atoms with Crippen molar-refractivity contribution in [2.75, 3.05) is 27.2 Å². The molecule has 0 aliphatic carbocycles. The van der Waals surface area contributed by atoms with Crippen molar-refractivity contribution in [1.29, 1.82) is 5.26 Å². The smallest absolute Gasteiger partial charge is 0.0846 e. The first-order valence-electron chi connectivity index (χ1n) is 10.8. The largest absolute Gasteiger partial charge is 0.309 e. The Morgan fingerprint density at radius 3 is 1.79 bits per heavy atom. The molecule has 3 heteroatoms. The number of hydrogen-bond acceptors (Lipinski definition) is 3. The van der Waals surface area contributed by atoms with Crippen LogP contribution in [0.2, 0.25) is 0 Å². The van der Waals surface area contributed by atoms with Crippen molar-refractivity contribution in [3.63, 3.8) is 0 Å². The average Bonchev–Trinajstić information content (AvgIpc) is 2.71. The fourth-order valence-electron chi connectivity index (χ4n) is 4.05. The average molecular weight is 392 g/mol. The molecule has 2 aromatic carbocycles. The molecule has 0 fully saturated rings. The van der Waals surface area contributed by atoms with Crippen molar-refractivity contribution in [2.45, 2.75) is 58.0 Å². The van der Waals surface area contributed by atoms with Crippen LogP contribution in [0, 0.1) is 11.3 Å². The Balaban J connectivity index is 2.32. The Hall–Kier alpha value is -2.15. The van der Waals surface area contributed by atoms with Crippen molar-refractivity contribution >= 4 is 0 Å². The van der Waals surface area contributed by atoms with Gasteiger partial charge in [0.1, 0.15) is 0 Å². The van der Waals surface area contributed by atoms with Crippen LogP contribution in [0.5, 0.6) is 0 Å². The van der Waals surface area contributed by atoms with Gasteiger partial charge in [-0.05, 0) is 77.9 Å². The van der Waals surface area contributed by atoms with Gasteiger partial charge in [-0.3, -0.25) is 4.90 Å². The van der Waals surface area contributed by atoms with Gasteiger partial charge in [0.25, 0.3) is 0 Å². The summed E-state index contributed by atoms with van der Waals surface area (Å²) in [4.78, 5) is 4.66. The number of rotatable bonds is 10. The minimum atomic E-state index is -0.471. The minimum absolute atomic E-state index is 0.471. The molecule has 0 N–H and O–H groups in total. The van der Waals surface area contributed by atoms with Crippen LogP contribution in [-0.4, -0.2) is 49.1 Å². The van der Waals surface area contributed by atoms with Gasteiger partial charge in [-0.1, -0.05) is 54.6 Å². The highest BCUT2D eigenvalue weighted by molar-refractivity contribution is 5.63. The molecule has 1 unspecified atom stereocenters. The molecule has 0 aliphatic heterocycles. The van der Waals surface area contributed by atoms with Gasteiger partial charge >= 0.3 is 0 Å². The fraction of sp³-hybridized carbons (Fsp3) is 0.500. The topological polar surface area (TPSA) is 30.3 Å². The molecule has 29 heavy (non-hydrogen) atoms. The summed E-state index contributed by atoms with van der Waals surface area (Å²) in [6, 6.07) is 22.7. The highest BCUT2D eigenvalue weighted by Crippen LogP contribution is 2.34. The zero-order valence-electron chi connectivity index (χ0n) is 19.0. The van der Waals surface area contributed by atoms with Gasteiger partial charge in [-0.25, -0.2) is 0 Å². The summed E-state index contributed by atoms with van der Waals surface area (Å²) in [5.41, 5.74) is 3.07. The van der Waals surface area contributed by atoms with Crippen molar-refractivity contribution in [1.82, 2.24) is 9.80 Å². The SMILES string of the molecule is CC(C)N(CCC(C#N)(CCN(C)C)c1ccc(-c2ccccc2)cc1)C(C)C. The number of nitrogens with zero attached hydrogens (tertiary/aromatic N) is 3. The van der Waals surface area contributed by atoms with E-state index in [2.05, 4.69) is 106 Å². The van der Waals surface area contributed by atoms with Crippen molar-refractivity contribution < 1.29 is 0 Å². The highest BCUT2D eigenvalue weighted by atomic mass is 15.2. The van der Waals surface area contributed by atoms with Crippen LogP contribution in [0.4, 0.5) is 0 Å². The van der Waals surface area contributed by atoms with E-state index in [1.807, 2.05) is 6.07 Å². The molecule has 156 valence electrons. The number of nitriles is 1. The van der Waals surface area contributed by atoms with E-state index >= 15 is 0 Å². The monoisotopic (exact) mass is 391 g/mol. The summed E-state index contributed by atoms with van der Waals surface area (Å²) < 4.78 is 0. The third-order valence-corrected chi connectivity index (χ3v) is 5.87. The maximum absolute atomic E-state index is 10.3. The molecule has 0 spiro atoms. The van der Waals surface area contributed by atoms with Crippen LogP contribution in [0.1, 0.15) is 46.1 Å². The summed E-state index contributed by atoms with van der Waals surface area (Å²) in [5.74, 6) is 0. The van der Waals surface area contributed by atoms with E-state index in [0.29, 0.717) is 12.1 Å². The van der Waals surface area contributed by atoms with Crippen LogP contribution in [0.15, 0.2) is 54.6 Å². The number of benzene rings is 2. The summed E-state index contributed by atoms with van der Waals surface area (Å²) >= 11 is 0. The Morgan fingerprint density at radius 2 is 1.31 bits per heavy atom. The Bertz CT molecular complexity index is 764. The summed E-state index contributed by atoms with van der Waals surface area (Å²) in [5, 5.41) is 10.3. The maximum Gasteiger partial charge on any atom is 0.0846 e. The van der Waals surface area contributed by atoms with Gasteiger partial charge in [0, 0.05) is 18.6 Å². The first kappa shape index (κ1) is 23.1. The quantitative estimate of drug-likeness (QED) is 0.530. The second-order valence-corrected chi connectivity index (χ2v) is 8.87. The molecule has 0 amide bonds. The molecule has 3 nitrogen and oxygen atoms in total. The van der Waals surface area contributed by atoms with E-state index in [9.17, 15) is 5.26 Å². The van der Waals surface area contributed by atoms with E-state index < -0.39 is 5.41 Å². The summed E-state index contributed by atoms with van der Waals surface area (Å²) in [7, 11) is 4.16. The minimum Gasteiger partial charge on any atom is -0.309 e. The lowest BCUT2D eigenvalue weighted by Gasteiger charge is -2.35. The maximum atomic E-state index is 10.3. The Morgan fingerprint density at radius 1 is 0.793 bits per heavy atom.